The smallest absolute Gasteiger partial charge is 0.225 e. The number of aryl methyl sites for hydroxylation is 1. The van der Waals surface area contributed by atoms with Crippen LogP contribution in [0.5, 0.6) is 0 Å². The van der Waals surface area contributed by atoms with Crippen molar-refractivity contribution in [3.05, 3.63) is 113 Å². The maximum Gasteiger partial charge on any atom is 0.225 e. The first-order valence-corrected chi connectivity index (χ1v) is 12.7. The second-order valence-electron chi connectivity index (χ2n) is 9.05. The Morgan fingerprint density at radius 1 is 0.919 bits per heavy atom. The van der Waals surface area contributed by atoms with Crippen LogP contribution in [0.25, 0.3) is 0 Å². The molecular formula is C31H34F3NO2. The largest absolute Gasteiger partial charge is 0.374 e. The van der Waals surface area contributed by atoms with E-state index in [4.69, 9.17) is 4.74 Å². The average molecular weight is 510 g/mol. The Morgan fingerprint density at radius 3 is 1.97 bits per heavy atom. The highest BCUT2D eigenvalue weighted by Crippen LogP contribution is 2.31. The number of halogens is 3. The molecule has 37 heavy (non-hydrogen) atoms. The van der Waals surface area contributed by atoms with Crippen LogP contribution < -0.4 is 5.32 Å². The molecule has 0 aliphatic carbocycles. The van der Waals surface area contributed by atoms with E-state index in [0.717, 1.165) is 11.1 Å². The molecule has 0 bridgehead atoms. The number of rotatable bonds is 12. The lowest BCUT2D eigenvalue weighted by Gasteiger charge is -2.22. The minimum Gasteiger partial charge on any atom is -0.374 e. The molecule has 1 N–H and O–H groups in total. The molecule has 0 radical (unpaired) electrons. The van der Waals surface area contributed by atoms with Crippen molar-refractivity contribution in [2.24, 2.45) is 0 Å². The van der Waals surface area contributed by atoms with E-state index in [2.05, 4.69) is 11.9 Å². The first-order chi connectivity index (χ1) is 17.7. The SMILES string of the molecule is C=C(Cc1c(F)cc(CC)cc1NC(=O)CC(c1ccc(F)cc1)c1ccc(F)cc1)C(CC)OCC. The molecule has 196 valence electrons. The van der Waals surface area contributed by atoms with E-state index < -0.39 is 11.7 Å². The highest BCUT2D eigenvalue weighted by Gasteiger charge is 2.22. The number of carbonyl (C=O) groups is 1. The van der Waals surface area contributed by atoms with Gasteiger partial charge in [-0.1, -0.05) is 44.7 Å². The van der Waals surface area contributed by atoms with Crippen LogP contribution in [0.15, 0.2) is 72.8 Å². The second-order valence-corrected chi connectivity index (χ2v) is 9.05. The van der Waals surface area contributed by atoms with Crippen LogP contribution in [0.4, 0.5) is 18.9 Å². The van der Waals surface area contributed by atoms with Gasteiger partial charge in [-0.25, -0.2) is 13.2 Å². The zero-order valence-corrected chi connectivity index (χ0v) is 21.6. The maximum atomic E-state index is 15.2. The van der Waals surface area contributed by atoms with Gasteiger partial charge in [0.2, 0.25) is 5.91 Å². The Kier molecular flexibility index (Phi) is 10.1. The van der Waals surface area contributed by atoms with E-state index in [1.54, 1.807) is 30.3 Å². The minimum atomic E-state index is -0.443. The number of nitrogens with one attached hydrogen (secondary N) is 1. The number of hydrogen-bond acceptors (Lipinski definition) is 2. The molecule has 3 aromatic carbocycles. The molecule has 0 heterocycles. The Labute approximate surface area is 217 Å². The summed E-state index contributed by atoms with van der Waals surface area (Å²) in [5.41, 5.74) is 3.67. The fourth-order valence-corrected chi connectivity index (χ4v) is 4.46. The molecule has 3 nitrogen and oxygen atoms in total. The maximum absolute atomic E-state index is 15.2. The average Bonchev–Trinajstić information content (AvgIpc) is 2.88. The molecule has 1 atom stereocenters. The lowest BCUT2D eigenvalue weighted by molar-refractivity contribution is -0.116. The van der Waals surface area contributed by atoms with Crippen molar-refractivity contribution >= 4 is 11.6 Å². The molecular weight excluding hydrogens is 475 g/mol. The predicted octanol–water partition coefficient (Wildman–Crippen LogP) is 7.74. The highest BCUT2D eigenvalue weighted by atomic mass is 19.1. The van der Waals surface area contributed by atoms with Crippen molar-refractivity contribution in [3.63, 3.8) is 0 Å². The van der Waals surface area contributed by atoms with Crippen molar-refractivity contribution in [3.8, 4) is 0 Å². The zero-order chi connectivity index (χ0) is 26.9. The molecule has 0 saturated carbocycles. The third-order valence-corrected chi connectivity index (χ3v) is 6.47. The van der Waals surface area contributed by atoms with Crippen molar-refractivity contribution < 1.29 is 22.7 Å². The van der Waals surface area contributed by atoms with Crippen molar-refractivity contribution in [2.45, 2.75) is 58.5 Å². The lowest BCUT2D eigenvalue weighted by Crippen LogP contribution is -2.20. The molecule has 3 rings (SSSR count). The third-order valence-electron chi connectivity index (χ3n) is 6.47. The summed E-state index contributed by atoms with van der Waals surface area (Å²) in [6.45, 7) is 10.4. The monoisotopic (exact) mass is 509 g/mol. The number of benzene rings is 3. The Morgan fingerprint density at radius 2 is 1.49 bits per heavy atom. The highest BCUT2D eigenvalue weighted by molar-refractivity contribution is 5.92. The van der Waals surface area contributed by atoms with Crippen molar-refractivity contribution in [1.82, 2.24) is 0 Å². The van der Waals surface area contributed by atoms with Crippen LogP contribution >= 0.6 is 0 Å². The van der Waals surface area contributed by atoms with Crippen LogP contribution in [0.2, 0.25) is 0 Å². The number of hydrogen-bond donors (Lipinski definition) is 1. The fourth-order valence-electron chi connectivity index (χ4n) is 4.46. The summed E-state index contributed by atoms with van der Waals surface area (Å²) >= 11 is 0. The van der Waals surface area contributed by atoms with E-state index in [9.17, 15) is 13.6 Å². The second kappa shape index (κ2) is 13.2. The summed E-state index contributed by atoms with van der Waals surface area (Å²) in [7, 11) is 0. The molecule has 0 spiro atoms. The van der Waals surface area contributed by atoms with Gasteiger partial charge in [0.05, 0.1) is 6.10 Å². The van der Waals surface area contributed by atoms with E-state index in [0.29, 0.717) is 41.8 Å². The Bertz CT molecular complexity index is 1160. The van der Waals surface area contributed by atoms with E-state index in [1.807, 2.05) is 20.8 Å². The molecule has 0 aromatic heterocycles. The van der Waals surface area contributed by atoms with Gasteiger partial charge in [-0.15, -0.1) is 0 Å². The normalized spacial score (nSPS) is 12.0. The standard InChI is InChI=1S/C31H34F3NO2/c1-5-21-17-28(34)27(16-20(4)30(6-2)37-7-3)29(18-21)35-31(36)19-26(22-8-12-24(32)13-9-22)23-10-14-25(33)15-11-23/h8-15,17-18,26,30H,4-7,16,19H2,1-3H3,(H,35,36). The number of anilines is 1. The van der Waals surface area contributed by atoms with Gasteiger partial charge in [-0.05, 0) is 78.4 Å². The van der Waals surface area contributed by atoms with Crippen LogP contribution in [-0.2, 0) is 22.4 Å². The lowest BCUT2D eigenvalue weighted by atomic mass is 9.88. The summed E-state index contributed by atoms with van der Waals surface area (Å²) < 4.78 is 48.1. The quantitative estimate of drug-likeness (QED) is 0.254. The van der Waals surface area contributed by atoms with Gasteiger partial charge in [-0.3, -0.25) is 4.79 Å². The van der Waals surface area contributed by atoms with Gasteiger partial charge in [0.1, 0.15) is 17.5 Å². The molecule has 0 saturated heterocycles. The van der Waals surface area contributed by atoms with Gasteiger partial charge >= 0.3 is 0 Å². The van der Waals surface area contributed by atoms with Crippen LogP contribution in [0.3, 0.4) is 0 Å². The summed E-state index contributed by atoms with van der Waals surface area (Å²) in [5.74, 6) is -1.97. The fraction of sp³-hybridized carbons (Fsp3) is 0.323. The van der Waals surface area contributed by atoms with Gasteiger partial charge < -0.3 is 10.1 Å². The first kappa shape index (κ1) is 28.2. The predicted molar refractivity (Wildman–Crippen MR) is 142 cm³/mol. The van der Waals surface area contributed by atoms with Crippen LogP contribution in [-0.4, -0.2) is 18.6 Å². The zero-order valence-electron chi connectivity index (χ0n) is 21.6. The van der Waals surface area contributed by atoms with Gasteiger partial charge in [0.15, 0.2) is 0 Å². The summed E-state index contributed by atoms with van der Waals surface area (Å²) in [5, 5.41) is 2.90. The van der Waals surface area contributed by atoms with Gasteiger partial charge in [-0.2, -0.15) is 0 Å². The third kappa shape index (κ3) is 7.56. The van der Waals surface area contributed by atoms with Gasteiger partial charge in [0, 0.05) is 36.6 Å². The summed E-state index contributed by atoms with van der Waals surface area (Å²) in [4.78, 5) is 13.3. The molecule has 3 aromatic rings. The topological polar surface area (TPSA) is 38.3 Å². The molecule has 6 heteroatoms. The molecule has 0 aliphatic rings. The number of carbonyl (C=O) groups excluding carboxylic acids is 1. The van der Waals surface area contributed by atoms with E-state index >= 15 is 4.39 Å². The van der Waals surface area contributed by atoms with Crippen molar-refractivity contribution in [1.29, 1.82) is 0 Å². The summed E-state index contributed by atoms with van der Waals surface area (Å²) in [6.07, 6.45) is 1.33. The number of ether oxygens (including phenoxy) is 1. The Balaban J connectivity index is 1.90. The summed E-state index contributed by atoms with van der Waals surface area (Å²) in [6, 6.07) is 15.0. The van der Waals surface area contributed by atoms with Gasteiger partial charge in [0.25, 0.3) is 0 Å². The molecule has 0 aliphatic heterocycles. The van der Waals surface area contributed by atoms with E-state index in [-0.39, 0.29) is 36.5 Å². The Hall–Kier alpha value is -3.38. The molecule has 1 amide bonds. The molecule has 0 fully saturated rings. The van der Waals surface area contributed by atoms with Crippen molar-refractivity contribution in [2.75, 3.05) is 11.9 Å². The first-order valence-electron chi connectivity index (χ1n) is 12.7. The number of amides is 1. The molecule has 1 unspecified atom stereocenters. The van der Waals surface area contributed by atoms with Crippen LogP contribution in [0.1, 0.15) is 61.8 Å². The van der Waals surface area contributed by atoms with Crippen LogP contribution in [0, 0.1) is 17.5 Å². The minimum absolute atomic E-state index is 0.00610. The van der Waals surface area contributed by atoms with E-state index in [1.165, 1.54) is 30.3 Å².